The van der Waals surface area contributed by atoms with Gasteiger partial charge in [0.2, 0.25) is 0 Å². The summed E-state index contributed by atoms with van der Waals surface area (Å²) in [5.41, 5.74) is 4.09. The van der Waals surface area contributed by atoms with E-state index in [1.165, 1.54) is 18.3 Å². The maximum absolute atomic E-state index is 11.7. The highest BCUT2D eigenvalue weighted by molar-refractivity contribution is 8.01. The molecule has 0 unspecified atom stereocenters. The largest absolute Gasteiger partial charge is 0.381 e. The zero-order chi connectivity index (χ0) is 22.1. The quantitative estimate of drug-likeness (QED) is 0.327. The first-order valence-electron chi connectivity index (χ1n) is 10.5. The Kier molecular flexibility index (Phi) is 5.83. The summed E-state index contributed by atoms with van der Waals surface area (Å²) in [5, 5.41) is 16.4. The SMILES string of the molecule is CC(=O)c1csc(-c2cnc3[nH]ccc3c2NC2CC(NSC3=CCCC(C#N)=C3)C2)n1. The third-order valence-corrected chi connectivity index (χ3v) is 7.58. The van der Waals surface area contributed by atoms with Crippen molar-refractivity contribution in [1.82, 2.24) is 19.7 Å². The number of anilines is 1. The van der Waals surface area contributed by atoms with Gasteiger partial charge in [0.1, 0.15) is 16.3 Å². The van der Waals surface area contributed by atoms with Crippen LogP contribution in [-0.4, -0.2) is 32.8 Å². The molecule has 5 rings (SSSR count). The Bertz CT molecular complexity index is 1280. The van der Waals surface area contributed by atoms with E-state index in [2.05, 4.69) is 37.1 Å². The van der Waals surface area contributed by atoms with E-state index in [9.17, 15) is 4.79 Å². The summed E-state index contributed by atoms with van der Waals surface area (Å²) < 4.78 is 3.53. The topological polar surface area (TPSA) is 106 Å². The van der Waals surface area contributed by atoms with Gasteiger partial charge in [-0.1, -0.05) is 6.08 Å². The molecule has 0 aromatic carbocycles. The number of H-pyrrole nitrogens is 1. The average Bonchev–Trinajstić information content (AvgIpc) is 3.45. The van der Waals surface area contributed by atoms with E-state index < -0.39 is 0 Å². The van der Waals surface area contributed by atoms with Crippen molar-refractivity contribution < 1.29 is 4.79 Å². The van der Waals surface area contributed by atoms with Crippen molar-refractivity contribution in [1.29, 1.82) is 5.26 Å². The van der Waals surface area contributed by atoms with Crippen LogP contribution in [0.15, 0.2) is 46.5 Å². The second kappa shape index (κ2) is 8.90. The standard InChI is InChI=1S/C23H22N6OS2/c1-13(30)20-12-31-23(28-20)19-11-26-22-18(5-6-25-22)21(19)27-15-8-16(9-15)29-32-17-4-2-3-14(7-17)10-24/h4-7,11-12,15-16,29H,2-3,8-9H2,1H3,(H2,25,26,27). The summed E-state index contributed by atoms with van der Waals surface area (Å²) in [4.78, 5) is 25.0. The highest BCUT2D eigenvalue weighted by Gasteiger charge is 2.30. The van der Waals surface area contributed by atoms with Crippen molar-refractivity contribution in [2.24, 2.45) is 0 Å². The van der Waals surface area contributed by atoms with E-state index in [1.807, 2.05) is 24.5 Å². The molecule has 32 heavy (non-hydrogen) atoms. The van der Waals surface area contributed by atoms with Crippen LogP contribution in [0.1, 0.15) is 43.1 Å². The molecule has 0 atom stereocenters. The molecule has 3 aromatic heterocycles. The maximum Gasteiger partial charge on any atom is 0.178 e. The number of nitrogens with one attached hydrogen (secondary N) is 3. The number of fused-ring (bicyclic) bond motifs is 1. The van der Waals surface area contributed by atoms with Crippen LogP contribution in [0, 0.1) is 11.3 Å². The van der Waals surface area contributed by atoms with E-state index in [1.54, 1.807) is 17.3 Å². The smallest absolute Gasteiger partial charge is 0.178 e. The predicted molar refractivity (Wildman–Crippen MR) is 129 cm³/mol. The minimum Gasteiger partial charge on any atom is -0.381 e. The molecule has 0 bridgehead atoms. The fourth-order valence-corrected chi connectivity index (χ4v) is 5.68. The number of ketones is 1. The summed E-state index contributed by atoms with van der Waals surface area (Å²) in [6, 6.07) is 5.03. The maximum atomic E-state index is 11.7. The molecule has 2 aliphatic rings. The van der Waals surface area contributed by atoms with Gasteiger partial charge in [-0.15, -0.1) is 11.3 Å². The number of pyridine rings is 1. The number of allylic oxidation sites excluding steroid dienone is 3. The Hall–Kier alpha value is -2.93. The Balaban J connectivity index is 1.27. The molecular formula is C23H22N6OS2. The van der Waals surface area contributed by atoms with E-state index in [0.717, 1.165) is 63.5 Å². The Labute approximate surface area is 194 Å². The molecule has 3 heterocycles. The second-order valence-electron chi connectivity index (χ2n) is 8.04. The van der Waals surface area contributed by atoms with Gasteiger partial charge in [-0.3, -0.25) is 9.52 Å². The van der Waals surface area contributed by atoms with Gasteiger partial charge in [0.25, 0.3) is 0 Å². The number of carbonyl (C=O) groups excluding carboxylic acids is 1. The highest BCUT2D eigenvalue weighted by Crippen LogP contribution is 2.38. The molecule has 0 spiro atoms. The van der Waals surface area contributed by atoms with Gasteiger partial charge >= 0.3 is 0 Å². The summed E-state index contributed by atoms with van der Waals surface area (Å²) >= 11 is 3.08. The molecule has 2 aliphatic carbocycles. The number of Topliss-reactive ketones (excluding diaryl/α,β-unsaturated/α-hetero) is 1. The summed E-state index contributed by atoms with van der Waals surface area (Å²) in [5.74, 6) is -0.0343. The molecular weight excluding hydrogens is 440 g/mol. The lowest BCUT2D eigenvalue weighted by Crippen LogP contribution is -2.45. The van der Waals surface area contributed by atoms with Gasteiger partial charge in [0, 0.05) is 52.6 Å². The number of carbonyl (C=O) groups is 1. The molecule has 0 amide bonds. The first-order valence-corrected chi connectivity index (χ1v) is 12.2. The molecule has 0 aliphatic heterocycles. The number of aromatic nitrogens is 3. The van der Waals surface area contributed by atoms with Gasteiger partial charge in [-0.25, -0.2) is 9.97 Å². The minimum absolute atomic E-state index is 0.0343. The van der Waals surface area contributed by atoms with Crippen molar-refractivity contribution in [3.05, 3.63) is 52.2 Å². The van der Waals surface area contributed by atoms with Crippen LogP contribution in [0.5, 0.6) is 0 Å². The van der Waals surface area contributed by atoms with Gasteiger partial charge in [0.05, 0.1) is 17.3 Å². The van der Waals surface area contributed by atoms with E-state index in [-0.39, 0.29) is 5.78 Å². The van der Waals surface area contributed by atoms with Crippen LogP contribution in [-0.2, 0) is 0 Å². The lowest BCUT2D eigenvalue weighted by atomic mass is 9.87. The minimum atomic E-state index is -0.0343. The Morgan fingerprint density at radius 1 is 1.38 bits per heavy atom. The van der Waals surface area contributed by atoms with Gasteiger partial charge in [-0.05, 0) is 49.8 Å². The lowest BCUT2D eigenvalue weighted by Gasteiger charge is -2.37. The fourth-order valence-electron chi connectivity index (χ4n) is 3.90. The number of rotatable bonds is 7. The number of hydrogen-bond donors (Lipinski definition) is 3. The normalized spacial score (nSPS) is 20.2. The number of thiazole rings is 1. The van der Waals surface area contributed by atoms with Gasteiger partial charge < -0.3 is 10.3 Å². The van der Waals surface area contributed by atoms with Crippen molar-refractivity contribution in [3.63, 3.8) is 0 Å². The summed E-state index contributed by atoms with van der Waals surface area (Å²) in [7, 11) is 0. The van der Waals surface area contributed by atoms with Crippen LogP contribution in [0.3, 0.4) is 0 Å². The third kappa shape index (κ3) is 4.21. The van der Waals surface area contributed by atoms with E-state index >= 15 is 0 Å². The van der Waals surface area contributed by atoms with Crippen LogP contribution in [0.25, 0.3) is 21.6 Å². The number of aromatic amines is 1. The molecule has 7 nitrogen and oxygen atoms in total. The van der Waals surface area contributed by atoms with Crippen LogP contribution in [0.2, 0.25) is 0 Å². The lowest BCUT2D eigenvalue weighted by molar-refractivity contribution is 0.101. The molecule has 1 saturated carbocycles. The van der Waals surface area contributed by atoms with Crippen LogP contribution >= 0.6 is 23.3 Å². The predicted octanol–water partition coefficient (Wildman–Crippen LogP) is 5.20. The van der Waals surface area contributed by atoms with Crippen LogP contribution < -0.4 is 10.0 Å². The summed E-state index contributed by atoms with van der Waals surface area (Å²) in [6.07, 6.45) is 11.6. The molecule has 0 radical (unpaired) electrons. The van der Waals surface area contributed by atoms with Gasteiger partial charge in [-0.2, -0.15) is 5.26 Å². The second-order valence-corrected chi connectivity index (χ2v) is 9.81. The summed E-state index contributed by atoms with van der Waals surface area (Å²) in [6.45, 7) is 1.53. The monoisotopic (exact) mass is 462 g/mol. The average molecular weight is 463 g/mol. The molecule has 3 N–H and O–H groups in total. The van der Waals surface area contributed by atoms with Crippen molar-refractivity contribution >= 4 is 45.8 Å². The number of nitrogens with zero attached hydrogens (tertiary/aromatic N) is 3. The molecule has 162 valence electrons. The highest BCUT2D eigenvalue weighted by atomic mass is 32.2. The zero-order valence-electron chi connectivity index (χ0n) is 17.5. The first kappa shape index (κ1) is 20.9. The van der Waals surface area contributed by atoms with Crippen molar-refractivity contribution in [2.45, 2.75) is 44.7 Å². The Morgan fingerprint density at radius 2 is 2.25 bits per heavy atom. The fraction of sp³-hybridized carbons (Fsp3) is 0.304. The van der Waals surface area contributed by atoms with Crippen LogP contribution in [0.4, 0.5) is 5.69 Å². The first-order chi connectivity index (χ1) is 15.6. The zero-order valence-corrected chi connectivity index (χ0v) is 19.1. The molecule has 3 aromatic rings. The van der Waals surface area contributed by atoms with Crippen molar-refractivity contribution in [2.75, 3.05) is 5.32 Å². The third-order valence-electron chi connectivity index (χ3n) is 5.73. The van der Waals surface area contributed by atoms with Gasteiger partial charge in [0.15, 0.2) is 5.78 Å². The van der Waals surface area contributed by atoms with Crippen molar-refractivity contribution in [3.8, 4) is 16.6 Å². The Morgan fingerprint density at radius 3 is 3.03 bits per heavy atom. The molecule has 1 fully saturated rings. The number of hydrogen-bond acceptors (Lipinski definition) is 8. The van der Waals surface area contributed by atoms with E-state index in [4.69, 9.17) is 5.26 Å². The van der Waals surface area contributed by atoms with E-state index in [0.29, 0.717) is 17.8 Å². The molecule has 0 saturated heterocycles. The number of nitriles is 1. The molecule has 9 heteroatoms.